The highest BCUT2D eigenvalue weighted by molar-refractivity contribution is 7.99. The van der Waals surface area contributed by atoms with Gasteiger partial charge in [-0.3, -0.25) is 4.79 Å². The van der Waals surface area contributed by atoms with Crippen LogP contribution >= 0.6 is 11.8 Å². The van der Waals surface area contributed by atoms with E-state index in [2.05, 4.69) is 29.1 Å². The van der Waals surface area contributed by atoms with Gasteiger partial charge in [-0.2, -0.15) is 0 Å². The monoisotopic (exact) mass is 316 g/mol. The van der Waals surface area contributed by atoms with Crippen LogP contribution in [0.25, 0.3) is 0 Å². The molecule has 1 heterocycles. The van der Waals surface area contributed by atoms with Crippen LogP contribution in [-0.4, -0.2) is 21.6 Å². The Morgan fingerprint density at radius 2 is 1.95 bits per heavy atom. The number of rotatable bonds is 5. The first-order valence-corrected chi connectivity index (χ1v) is 8.06. The van der Waals surface area contributed by atoms with E-state index in [1.54, 1.807) is 0 Å². The number of thioether (sulfide) groups is 1. The van der Waals surface area contributed by atoms with Crippen LogP contribution in [0.15, 0.2) is 35.4 Å². The number of benzene rings is 1. The summed E-state index contributed by atoms with van der Waals surface area (Å²) in [5.74, 6) is 0.915. The van der Waals surface area contributed by atoms with Crippen LogP contribution in [0.5, 0.6) is 0 Å². The number of aromatic nitrogens is 2. The van der Waals surface area contributed by atoms with Gasteiger partial charge in [-0.15, -0.1) is 0 Å². The fraction of sp³-hybridized carbons (Fsp3) is 0.312. The molecule has 3 N–H and O–H groups in total. The van der Waals surface area contributed by atoms with Crippen molar-refractivity contribution in [2.45, 2.75) is 31.7 Å². The standard InChI is InChI=1S/C16H20N4OS/c1-10(2)12-4-6-13(7-5-12)19-14(21)9-22-15-8-11(3)18-16(17)20-15/h4-8,10H,9H2,1-3H3,(H,19,21)(H2,17,18,20). The van der Waals surface area contributed by atoms with Gasteiger partial charge < -0.3 is 11.1 Å². The number of nitrogens with one attached hydrogen (secondary N) is 1. The molecule has 1 aromatic carbocycles. The largest absolute Gasteiger partial charge is 0.368 e. The Balaban J connectivity index is 1.90. The molecule has 0 spiro atoms. The lowest BCUT2D eigenvalue weighted by Gasteiger charge is -2.08. The lowest BCUT2D eigenvalue weighted by atomic mass is 10.0. The van der Waals surface area contributed by atoms with Crippen molar-refractivity contribution in [1.82, 2.24) is 9.97 Å². The van der Waals surface area contributed by atoms with Gasteiger partial charge in [0.05, 0.1) is 5.75 Å². The smallest absolute Gasteiger partial charge is 0.234 e. The number of carbonyl (C=O) groups is 1. The van der Waals surface area contributed by atoms with Gasteiger partial charge in [0, 0.05) is 11.4 Å². The summed E-state index contributed by atoms with van der Waals surface area (Å²) in [5.41, 5.74) is 8.43. The van der Waals surface area contributed by atoms with Crippen LogP contribution in [0.4, 0.5) is 11.6 Å². The molecule has 0 saturated carbocycles. The summed E-state index contributed by atoms with van der Waals surface area (Å²) in [6.45, 7) is 6.12. The Labute approximate surface area is 134 Å². The van der Waals surface area contributed by atoms with Crippen molar-refractivity contribution < 1.29 is 4.79 Å². The Bertz CT molecular complexity index is 635. The number of nitrogen functional groups attached to an aromatic ring is 1. The number of aryl methyl sites for hydroxylation is 1. The SMILES string of the molecule is Cc1cc(SCC(=O)Nc2ccc(C(C)C)cc2)nc(N)n1. The molecule has 2 rings (SSSR count). The summed E-state index contributed by atoms with van der Waals surface area (Å²) in [6.07, 6.45) is 0. The zero-order valence-electron chi connectivity index (χ0n) is 13.0. The van der Waals surface area contributed by atoms with Crippen molar-refractivity contribution in [2.24, 2.45) is 0 Å². The van der Waals surface area contributed by atoms with E-state index in [-0.39, 0.29) is 17.6 Å². The molecule has 6 heteroatoms. The molecule has 0 bridgehead atoms. The molecule has 0 radical (unpaired) electrons. The lowest BCUT2D eigenvalue weighted by Crippen LogP contribution is -2.14. The van der Waals surface area contributed by atoms with Crippen LogP contribution in [-0.2, 0) is 4.79 Å². The summed E-state index contributed by atoms with van der Waals surface area (Å²) >= 11 is 1.34. The molecule has 116 valence electrons. The van der Waals surface area contributed by atoms with E-state index < -0.39 is 0 Å². The molecule has 1 aromatic heterocycles. The molecule has 2 aromatic rings. The van der Waals surface area contributed by atoms with Gasteiger partial charge >= 0.3 is 0 Å². The lowest BCUT2D eigenvalue weighted by molar-refractivity contribution is -0.113. The topological polar surface area (TPSA) is 80.9 Å². The highest BCUT2D eigenvalue weighted by Gasteiger charge is 2.07. The first-order valence-electron chi connectivity index (χ1n) is 7.08. The number of anilines is 2. The second-order valence-electron chi connectivity index (χ2n) is 5.32. The van der Waals surface area contributed by atoms with E-state index in [0.29, 0.717) is 10.9 Å². The normalized spacial score (nSPS) is 10.7. The van der Waals surface area contributed by atoms with E-state index >= 15 is 0 Å². The van der Waals surface area contributed by atoms with E-state index in [1.807, 2.05) is 37.3 Å². The molecule has 0 unspecified atom stereocenters. The van der Waals surface area contributed by atoms with Crippen molar-refractivity contribution >= 4 is 29.3 Å². The van der Waals surface area contributed by atoms with Gasteiger partial charge in [0.1, 0.15) is 5.03 Å². The first-order chi connectivity index (χ1) is 10.4. The fourth-order valence-corrected chi connectivity index (χ4v) is 2.69. The van der Waals surface area contributed by atoms with E-state index in [4.69, 9.17) is 5.73 Å². The van der Waals surface area contributed by atoms with Crippen molar-refractivity contribution in [3.05, 3.63) is 41.6 Å². The average molecular weight is 316 g/mol. The van der Waals surface area contributed by atoms with Crippen molar-refractivity contribution in [2.75, 3.05) is 16.8 Å². The van der Waals surface area contributed by atoms with Gasteiger partial charge in [-0.1, -0.05) is 37.7 Å². The Morgan fingerprint density at radius 3 is 2.55 bits per heavy atom. The highest BCUT2D eigenvalue weighted by Crippen LogP contribution is 2.19. The molecule has 0 aliphatic rings. The molecular weight excluding hydrogens is 296 g/mol. The van der Waals surface area contributed by atoms with Gasteiger partial charge in [0.15, 0.2) is 0 Å². The van der Waals surface area contributed by atoms with Crippen LogP contribution in [0.3, 0.4) is 0 Å². The van der Waals surface area contributed by atoms with Crippen molar-refractivity contribution in [3.63, 3.8) is 0 Å². The quantitative estimate of drug-likeness (QED) is 0.654. The maximum atomic E-state index is 12.0. The molecule has 0 fully saturated rings. The third-order valence-electron chi connectivity index (χ3n) is 3.06. The van der Waals surface area contributed by atoms with Crippen LogP contribution in [0, 0.1) is 6.92 Å². The summed E-state index contributed by atoms with van der Waals surface area (Å²) < 4.78 is 0. The molecule has 22 heavy (non-hydrogen) atoms. The molecule has 0 aliphatic heterocycles. The van der Waals surface area contributed by atoms with E-state index in [0.717, 1.165) is 11.4 Å². The zero-order chi connectivity index (χ0) is 16.1. The molecule has 0 aliphatic carbocycles. The number of amides is 1. The number of carbonyl (C=O) groups excluding carboxylic acids is 1. The zero-order valence-corrected chi connectivity index (χ0v) is 13.8. The summed E-state index contributed by atoms with van der Waals surface area (Å²) in [5, 5.41) is 3.58. The Morgan fingerprint density at radius 1 is 1.27 bits per heavy atom. The summed E-state index contributed by atoms with van der Waals surface area (Å²) in [4.78, 5) is 20.1. The van der Waals surface area contributed by atoms with Crippen molar-refractivity contribution in [3.8, 4) is 0 Å². The Kier molecular flexibility index (Phi) is 5.38. The van der Waals surface area contributed by atoms with Crippen molar-refractivity contribution in [1.29, 1.82) is 0 Å². The molecule has 0 saturated heterocycles. The molecule has 0 atom stereocenters. The second-order valence-corrected chi connectivity index (χ2v) is 6.31. The van der Waals surface area contributed by atoms with Crippen LogP contribution in [0.1, 0.15) is 31.0 Å². The Hall–Kier alpha value is -2.08. The second kappa shape index (κ2) is 7.26. The maximum absolute atomic E-state index is 12.0. The summed E-state index contributed by atoms with van der Waals surface area (Å²) in [7, 11) is 0. The minimum atomic E-state index is -0.0721. The van der Waals surface area contributed by atoms with Gasteiger partial charge in [0.2, 0.25) is 11.9 Å². The highest BCUT2D eigenvalue weighted by atomic mass is 32.2. The summed E-state index contributed by atoms with van der Waals surface area (Å²) in [6, 6.07) is 9.71. The van der Waals surface area contributed by atoms with Gasteiger partial charge in [-0.25, -0.2) is 9.97 Å². The fourth-order valence-electron chi connectivity index (χ4n) is 1.92. The number of nitrogens with two attached hydrogens (primary N) is 1. The molecule has 1 amide bonds. The number of hydrogen-bond acceptors (Lipinski definition) is 5. The third-order valence-corrected chi connectivity index (χ3v) is 3.97. The van der Waals surface area contributed by atoms with Crippen LogP contribution in [0.2, 0.25) is 0 Å². The van der Waals surface area contributed by atoms with Gasteiger partial charge in [-0.05, 0) is 36.6 Å². The van der Waals surface area contributed by atoms with Crippen LogP contribution < -0.4 is 11.1 Å². The predicted molar refractivity (Wildman–Crippen MR) is 91.1 cm³/mol. The van der Waals surface area contributed by atoms with Gasteiger partial charge in [0.25, 0.3) is 0 Å². The molecule has 5 nitrogen and oxygen atoms in total. The first kappa shape index (κ1) is 16.3. The number of hydrogen-bond donors (Lipinski definition) is 2. The molecular formula is C16H20N4OS. The van der Waals surface area contributed by atoms with E-state index in [9.17, 15) is 4.79 Å². The number of nitrogens with zero attached hydrogens (tertiary/aromatic N) is 2. The van der Waals surface area contributed by atoms with E-state index in [1.165, 1.54) is 17.3 Å². The minimum absolute atomic E-state index is 0.0721. The average Bonchev–Trinajstić information content (AvgIpc) is 2.45. The third kappa shape index (κ3) is 4.73. The predicted octanol–water partition coefficient (Wildman–Crippen LogP) is 3.22. The maximum Gasteiger partial charge on any atom is 0.234 e. The minimum Gasteiger partial charge on any atom is -0.368 e.